The second-order valence-electron chi connectivity index (χ2n) is 5.23. The lowest BCUT2D eigenvalue weighted by Crippen LogP contribution is -2.47. The molecule has 1 aliphatic rings. The summed E-state index contributed by atoms with van der Waals surface area (Å²) < 4.78 is 7.81. The maximum atomic E-state index is 5.95. The van der Waals surface area contributed by atoms with Gasteiger partial charge in [0.05, 0.1) is 17.3 Å². The molecule has 102 valence electrons. The highest BCUT2D eigenvalue weighted by Gasteiger charge is 2.41. The van der Waals surface area contributed by atoms with E-state index in [1.807, 2.05) is 25.0 Å². The maximum Gasteiger partial charge on any atom is 0.0888 e. The average molecular weight is 251 g/mol. The number of aryl methyl sites for hydroxylation is 1. The van der Waals surface area contributed by atoms with Crippen molar-refractivity contribution in [2.45, 2.75) is 50.7 Å². The minimum absolute atomic E-state index is 0.0807. The molecule has 1 atom stereocenters. The molecule has 1 fully saturated rings. The first kappa shape index (κ1) is 13.6. The fraction of sp³-hybridized carbons (Fsp3) is 0.786. The van der Waals surface area contributed by atoms with E-state index in [4.69, 9.17) is 4.74 Å². The van der Waals surface area contributed by atoms with Crippen LogP contribution in [0.25, 0.3) is 0 Å². The van der Waals surface area contributed by atoms with Gasteiger partial charge in [-0.25, -0.2) is 0 Å². The van der Waals surface area contributed by atoms with Crippen LogP contribution in [0, 0.1) is 0 Å². The number of methoxy groups -OCH3 is 1. The Morgan fingerprint density at radius 2 is 2.17 bits per heavy atom. The summed E-state index contributed by atoms with van der Waals surface area (Å²) in [5, 5.41) is 8.14. The molecule has 1 saturated carbocycles. The van der Waals surface area contributed by atoms with Crippen molar-refractivity contribution in [3.63, 3.8) is 0 Å². The molecule has 18 heavy (non-hydrogen) atoms. The normalized spacial score (nSPS) is 20.8. The summed E-state index contributed by atoms with van der Waals surface area (Å²) >= 11 is 0. The van der Waals surface area contributed by atoms with Gasteiger partial charge >= 0.3 is 0 Å². The Morgan fingerprint density at radius 1 is 1.44 bits per heavy atom. The molecule has 0 aliphatic heterocycles. The van der Waals surface area contributed by atoms with Crippen LogP contribution in [0.3, 0.4) is 0 Å². The Morgan fingerprint density at radius 3 is 2.67 bits per heavy atom. The lowest BCUT2D eigenvalue weighted by atomic mass is 9.78. The first-order valence-corrected chi connectivity index (χ1v) is 7.00. The first-order valence-electron chi connectivity index (χ1n) is 7.00. The third-order valence-corrected chi connectivity index (χ3v) is 4.07. The van der Waals surface area contributed by atoms with E-state index < -0.39 is 0 Å². The van der Waals surface area contributed by atoms with Crippen molar-refractivity contribution in [3.05, 3.63) is 18.0 Å². The van der Waals surface area contributed by atoms with Crippen LogP contribution in [0.4, 0.5) is 0 Å². The van der Waals surface area contributed by atoms with Gasteiger partial charge in [-0.05, 0) is 25.5 Å². The first-order chi connectivity index (χ1) is 8.72. The second kappa shape index (κ2) is 5.85. The fourth-order valence-electron chi connectivity index (χ4n) is 3.11. The van der Waals surface area contributed by atoms with Crippen molar-refractivity contribution < 1.29 is 4.74 Å². The van der Waals surface area contributed by atoms with Crippen LogP contribution in [0.15, 0.2) is 12.3 Å². The quantitative estimate of drug-likeness (QED) is 0.873. The van der Waals surface area contributed by atoms with E-state index in [9.17, 15) is 0 Å². The third-order valence-electron chi connectivity index (χ3n) is 4.07. The molecule has 4 nitrogen and oxygen atoms in total. The van der Waals surface area contributed by atoms with Crippen LogP contribution in [0.5, 0.6) is 0 Å². The molecule has 1 aromatic heterocycles. The number of ether oxygens (including phenoxy) is 1. The number of hydrogen-bond donors (Lipinski definition) is 1. The number of rotatable bonds is 5. The topological polar surface area (TPSA) is 39.1 Å². The van der Waals surface area contributed by atoms with Crippen molar-refractivity contribution in [1.82, 2.24) is 15.1 Å². The summed E-state index contributed by atoms with van der Waals surface area (Å²) in [6.45, 7) is 3.08. The van der Waals surface area contributed by atoms with Gasteiger partial charge in [-0.1, -0.05) is 26.2 Å². The molecule has 1 N–H and O–H groups in total. The van der Waals surface area contributed by atoms with Gasteiger partial charge in [0.1, 0.15) is 0 Å². The van der Waals surface area contributed by atoms with Gasteiger partial charge < -0.3 is 10.1 Å². The van der Waals surface area contributed by atoms with E-state index in [0.29, 0.717) is 0 Å². The minimum Gasteiger partial charge on any atom is -0.376 e. The van der Waals surface area contributed by atoms with Crippen LogP contribution >= 0.6 is 0 Å². The predicted molar refractivity (Wildman–Crippen MR) is 72.5 cm³/mol. The zero-order valence-corrected chi connectivity index (χ0v) is 11.8. The Balaban J connectivity index is 2.26. The monoisotopic (exact) mass is 251 g/mol. The number of hydrogen-bond acceptors (Lipinski definition) is 3. The van der Waals surface area contributed by atoms with E-state index in [1.54, 1.807) is 0 Å². The molecule has 1 unspecified atom stereocenters. The molecular weight excluding hydrogens is 226 g/mol. The fourth-order valence-corrected chi connectivity index (χ4v) is 3.11. The summed E-state index contributed by atoms with van der Waals surface area (Å²) in [6, 6.07) is 2.30. The Kier molecular flexibility index (Phi) is 4.40. The number of aromatic nitrogens is 2. The van der Waals surface area contributed by atoms with Gasteiger partial charge in [0, 0.05) is 20.4 Å². The van der Waals surface area contributed by atoms with Gasteiger partial charge in [-0.3, -0.25) is 4.68 Å². The van der Waals surface area contributed by atoms with Crippen LogP contribution < -0.4 is 5.32 Å². The summed E-state index contributed by atoms with van der Waals surface area (Å²) in [7, 11) is 3.81. The summed E-state index contributed by atoms with van der Waals surface area (Å²) in [5.74, 6) is 0. The van der Waals surface area contributed by atoms with Gasteiger partial charge in [-0.15, -0.1) is 0 Å². The number of likely N-dealkylation sites (N-methyl/N-ethyl adjacent to an activating group) is 1. The number of nitrogens with zero attached hydrogens (tertiary/aromatic N) is 2. The zero-order valence-electron chi connectivity index (χ0n) is 11.8. The van der Waals surface area contributed by atoms with Crippen molar-refractivity contribution in [2.75, 3.05) is 13.7 Å². The van der Waals surface area contributed by atoms with Crippen LogP contribution in [-0.2, 0) is 11.8 Å². The predicted octanol–water partition coefficient (Wildman–Crippen LogP) is 2.42. The summed E-state index contributed by atoms with van der Waals surface area (Å²) in [6.07, 6.45) is 8.08. The maximum absolute atomic E-state index is 5.95. The van der Waals surface area contributed by atoms with Gasteiger partial charge in [0.15, 0.2) is 0 Å². The smallest absolute Gasteiger partial charge is 0.0888 e. The van der Waals surface area contributed by atoms with Crippen LogP contribution in [0.2, 0.25) is 0 Å². The van der Waals surface area contributed by atoms with Gasteiger partial charge in [-0.2, -0.15) is 5.10 Å². The molecule has 0 aromatic carbocycles. The molecule has 0 radical (unpaired) electrons. The Labute approximate surface area is 110 Å². The number of nitrogens with one attached hydrogen (secondary N) is 1. The molecule has 0 bridgehead atoms. The highest BCUT2D eigenvalue weighted by atomic mass is 16.5. The van der Waals surface area contributed by atoms with Crippen molar-refractivity contribution in [3.8, 4) is 0 Å². The van der Waals surface area contributed by atoms with Crippen LogP contribution in [-0.4, -0.2) is 29.0 Å². The molecule has 0 amide bonds. The standard InChI is InChI=1S/C14H25N3O/c1-4-15-13(12-8-11-17(2)16-12)14(18-3)9-6-5-7-10-14/h8,11,13,15H,4-7,9-10H2,1-3H3. The Bertz CT molecular complexity index is 369. The SMILES string of the molecule is CCNC(c1ccn(C)n1)C1(OC)CCCCC1. The van der Waals surface area contributed by atoms with E-state index in [2.05, 4.69) is 23.4 Å². The van der Waals surface area contributed by atoms with E-state index in [0.717, 1.165) is 25.1 Å². The largest absolute Gasteiger partial charge is 0.376 e. The second-order valence-corrected chi connectivity index (χ2v) is 5.23. The van der Waals surface area contributed by atoms with Crippen molar-refractivity contribution >= 4 is 0 Å². The molecule has 0 saturated heterocycles. The molecule has 4 heteroatoms. The molecule has 1 aliphatic carbocycles. The van der Waals surface area contributed by atoms with Gasteiger partial charge in [0.2, 0.25) is 0 Å². The van der Waals surface area contributed by atoms with Crippen LogP contribution in [0.1, 0.15) is 50.8 Å². The van der Waals surface area contributed by atoms with Crippen molar-refractivity contribution in [1.29, 1.82) is 0 Å². The van der Waals surface area contributed by atoms with E-state index in [1.165, 1.54) is 19.3 Å². The molecule has 2 rings (SSSR count). The summed E-state index contributed by atoms with van der Waals surface area (Å²) in [4.78, 5) is 0. The van der Waals surface area contributed by atoms with E-state index in [-0.39, 0.29) is 11.6 Å². The van der Waals surface area contributed by atoms with Gasteiger partial charge in [0.25, 0.3) is 0 Å². The zero-order chi connectivity index (χ0) is 13.0. The highest BCUT2D eigenvalue weighted by Crippen LogP contribution is 2.40. The minimum atomic E-state index is -0.0807. The molecule has 1 heterocycles. The third kappa shape index (κ3) is 2.59. The average Bonchev–Trinajstić information content (AvgIpc) is 2.83. The molecule has 1 aromatic rings. The molecule has 0 spiro atoms. The molecular formula is C14H25N3O. The lowest BCUT2D eigenvalue weighted by molar-refractivity contribution is -0.0695. The van der Waals surface area contributed by atoms with E-state index >= 15 is 0 Å². The lowest BCUT2D eigenvalue weighted by Gasteiger charge is -2.42. The summed E-state index contributed by atoms with van der Waals surface area (Å²) in [5.41, 5.74) is 1.02. The highest BCUT2D eigenvalue weighted by molar-refractivity contribution is 5.13. The van der Waals surface area contributed by atoms with Crippen molar-refractivity contribution in [2.24, 2.45) is 7.05 Å². The Hall–Kier alpha value is -0.870.